The largest absolute Gasteiger partial charge is 0.372 e. The fourth-order valence-corrected chi connectivity index (χ4v) is 2.99. The summed E-state index contributed by atoms with van der Waals surface area (Å²) in [5.74, 6) is 0.390. The van der Waals surface area contributed by atoms with Crippen LogP contribution in [0.5, 0.6) is 0 Å². The van der Waals surface area contributed by atoms with Crippen molar-refractivity contribution in [1.82, 2.24) is 10.3 Å². The van der Waals surface area contributed by atoms with E-state index in [1.165, 1.54) is 6.92 Å². The van der Waals surface area contributed by atoms with Crippen LogP contribution < -0.4 is 15.5 Å². The molecule has 7 nitrogen and oxygen atoms in total. The molecule has 0 unspecified atom stereocenters. The summed E-state index contributed by atoms with van der Waals surface area (Å²) < 4.78 is 5.73. The topological polar surface area (TPSA) is 83.6 Å². The SMILES string of the molecule is CC(=O)N[C@H](C(=O)Nc1ccc(N2C[C@@H](C)O[C@H](C)C2)nc1)C(C)C. The van der Waals surface area contributed by atoms with Crippen molar-refractivity contribution in [2.75, 3.05) is 23.3 Å². The van der Waals surface area contributed by atoms with Gasteiger partial charge in [0.15, 0.2) is 0 Å². The summed E-state index contributed by atoms with van der Waals surface area (Å²) in [5, 5.41) is 5.50. The zero-order valence-corrected chi connectivity index (χ0v) is 15.6. The molecule has 2 N–H and O–H groups in total. The van der Waals surface area contributed by atoms with Gasteiger partial charge in [-0.1, -0.05) is 13.8 Å². The third-order valence-corrected chi connectivity index (χ3v) is 4.07. The van der Waals surface area contributed by atoms with Gasteiger partial charge in [-0.15, -0.1) is 0 Å². The number of hydrogen-bond acceptors (Lipinski definition) is 5. The van der Waals surface area contributed by atoms with Crippen LogP contribution in [0.3, 0.4) is 0 Å². The Hall–Kier alpha value is -2.15. The second-order valence-electron chi connectivity index (χ2n) is 6.98. The van der Waals surface area contributed by atoms with Gasteiger partial charge in [0.25, 0.3) is 0 Å². The zero-order chi connectivity index (χ0) is 18.6. The van der Waals surface area contributed by atoms with Gasteiger partial charge in [-0.2, -0.15) is 0 Å². The number of morpholine rings is 1. The Morgan fingerprint density at radius 2 is 1.88 bits per heavy atom. The highest BCUT2D eigenvalue weighted by Gasteiger charge is 2.24. The number of amides is 2. The number of aromatic nitrogens is 1. The van der Waals surface area contributed by atoms with Gasteiger partial charge >= 0.3 is 0 Å². The van der Waals surface area contributed by atoms with Crippen LogP contribution in [-0.2, 0) is 14.3 Å². The van der Waals surface area contributed by atoms with Crippen molar-refractivity contribution in [2.24, 2.45) is 5.92 Å². The number of nitrogens with zero attached hydrogens (tertiary/aromatic N) is 2. The van der Waals surface area contributed by atoms with Gasteiger partial charge in [0.1, 0.15) is 11.9 Å². The van der Waals surface area contributed by atoms with Crippen LogP contribution in [0.1, 0.15) is 34.6 Å². The highest BCUT2D eigenvalue weighted by atomic mass is 16.5. The van der Waals surface area contributed by atoms with Crippen molar-refractivity contribution < 1.29 is 14.3 Å². The number of ether oxygens (including phenoxy) is 1. The summed E-state index contributed by atoms with van der Waals surface area (Å²) >= 11 is 0. The van der Waals surface area contributed by atoms with Gasteiger partial charge in [0.2, 0.25) is 11.8 Å². The Balaban J connectivity index is 2.02. The summed E-state index contributed by atoms with van der Waals surface area (Å²) in [5.41, 5.74) is 0.610. The smallest absolute Gasteiger partial charge is 0.247 e. The number of carbonyl (C=O) groups is 2. The maximum Gasteiger partial charge on any atom is 0.247 e. The van der Waals surface area contributed by atoms with Crippen LogP contribution in [0.2, 0.25) is 0 Å². The number of hydrogen-bond donors (Lipinski definition) is 2. The van der Waals surface area contributed by atoms with Crippen molar-refractivity contribution in [3.05, 3.63) is 18.3 Å². The highest BCUT2D eigenvalue weighted by Crippen LogP contribution is 2.20. The number of anilines is 2. The Morgan fingerprint density at radius 3 is 2.36 bits per heavy atom. The first-order chi connectivity index (χ1) is 11.8. The quantitative estimate of drug-likeness (QED) is 0.848. The van der Waals surface area contributed by atoms with Crippen molar-refractivity contribution in [3.63, 3.8) is 0 Å². The van der Waals surface area contributed by atoms with E-state index in [9.17, 15) is 9.59 Å². The molecular weight excluding hydrogens is 320 g/mol. The minimum absolute atomic E-state index is 0.00698. The molecule has 1 saturated heterocycles. The van der Waals surface area contributed by atoms with Crippen LogP contribution in [0.4, 0.5) is 11.5 Å². The number of pyridine rings is 1. The van der Waals surface area contributed by atoms with Crippen LogP contribution in [0.25, 0.3) is 0 Å². The van der Waals surface area contributed by atoms with E-state index in [2.05, 4.69) is 20.5 Å². The van der Waals surface area contributed by atoms with Gasteiger partial charge in [0, 0.05) is 20.0 Å². The summed E-state index contributed by atoms with van der Waals surface area (Å²) in [6, 6.07) is 3.15. The molecule has 2 amide bonds. The minimum Gasteiger partial charge on any atom is -0.372 e. The molecule has 2 rings (SSSR count). The molecule has 1 aromatic rings. The van der Waals surface area contributed by atoms with Gasteiger partial charge in [0.05, 0.1) is 24.1 Å². The third-order valence-electron chi connectivity index (χ3n) is 4.07. The Labute approximate surface area is 149 Å². The Bertz CT molecular complexity index is 593. The van der Waals surface area contributed by atoms with E-state index < -0.39 is 6.04 Å². The van der Waals surface area contributed by atoms with Crippen molar-refractivity contribution in [2.45, 2.75) is 52.9 Å². The Morgan fingerprint density at radius 1 is 1.24 bits per heavy atom. The molecule has 7 heteroatoms. The molecule has 0 radical (unpaired) electrons. The van der Waals surface area contributed by atoms with Gasteiger partial charge < -0.3 is 20.3 Å². The first-order valence-corrected chi connectivity index (χ1v) is 8.70. The van der Waals surface area contributed by atoms with E-state index in [1.54, 1.807) is 6.20 Å². The predicted octanol–water partition coefficient (Wildman–Crippen LogP) is 1.79. The van der Waals surface area contributed by atoms with Crippen LogP contribution in [0.15, 0.2) is 18.3 Å². The molecular formula is C18H28N4O3. The van der Waals surface area contributed by atoms with Crippen LogP contribution in [-0.4, -0.2) is 48.1 Å². The van der Waals surface area contributed by atoms with Crippen LogP contribution in [0, 0.1) is 5.92 Å². The van der Waals surface area contributed by atoms with Gasteiger partial charge in [-0.25, -0.2) is 4.98 Å². The lowest BCUT2D eigenvalue weighted by Gasteiger charge is -2.36. The molecule has 2 heterocycles. The Kier molecular flexibility index (Phi) is 6.36. The fourth-order valence-electron chi connectivity index (χ4n) is 2.99. The summed E-state index contributed by atoms with van der Waals surface area (Å²) in [6.07, 6.45) is 1.96. The molecule has 25 heavy (non-hydrogen) atoms. The predicted molar refractivity (Wildman–Crippen MR) is 97.5 cm³/mol. The maximum atomic E-state index is 12.4. The zero-order valence-electron chi connectivity index (χ0n) is 15.6. The average molecular weight is 348 g/mol. The van der Waals surface area contributed by atoms with Gasteiger partial charge in [-0.05, 0) is 31.9 Å². The molecule has 1 fully saturated rings. The maximum absolute atomic E-state index is 12.4. The number of rotatable bonds is 5. The molecule has 1 aliphatic rings. The van der Waals surface area contributed by atoms with E-state index in [0.717, 1.165) is 18.9 Å². The first kappa shape index (κ1) is 19.2. The normalized spacial score (nSPS) is 21.8. The van der Waals surface area contributed by atoms with E-state index in [-0.39, 0.29) is 29.9 Å². The van der Waals surface area contributed by atoms with E-state index in [0.29, 0.717) is 5.69 Å². The summed E-state index contributed by atoms with van der Waals surface area (Å²) in [4.78, 5) is 30.3. The molecule has 3 atom stereocenters. The molecule has 0 saturated carbocycles. The molecule has 0 aliphatic carbocycles. The lowest BCUT2D eigenvalue weighted by Crippen LogP contribution is -2.46. The summed E-state index contributed by atoms with van der Waals surface area (Å²) in [6.45, 7) is 10.9. The minimum atomic E-state index is -0.571. The monoisotopic (exact) mass is 348 g/mol. The van der Waals surface area contributed by atoms with Crippen molar-refractivity contribution >= 4 is 23.3 Å². The third kappa shape index (κ3) is 5.42. The molecule has 0 spiro atoms. The molecule has 1 aliphatic heterocycles. The van der Waals surface area contributed by atoms with Crippen molar-refractivity contribution in [1.29, 1.82) is 0 Å². The molecule has 0 aromatic carbocycles. The highest BCUT2D eigenvalue weighted by molar-refractivity contribution is 5.97. The van der Waals surface area contributed by atoms with E-state index in [1.807, 2.05) is 39.8 Å². The number of carbonyl (C=O) groups excluding carboxylic acids is 2. The standard InChI is InChI=1S/C18H28N4O3/c1-11(2)17(20-14(5)23)18(24)21-15-6-7-16(19-8-15)22-9-12(3)25-13(4)10-22/h6-8,11-13,17H,9-10H2,1-5H3,(H,20,23)(H,21,24)/t12-,13-,17+/m1/s1. The lowest BCUT2D eigenvalue weighted by molar-refractivity contribution is -0.126. The fraction of sp³-hybridized carbons (Fsp3) is 0.611. The molecule has 138 valence electrons. The second-order valence-corrected chi connectivity index (χ2v) is 6.98. The second kappa shape index (κ2) is 8.29. The first-order valence-electron chi connectivity index (χ1n) is 8.70. The van der Waals surface area contributed by atoms with E-state index >= 15 is 0 Å². The molecule has 0 bridgehead atoms. The van der Waals surface area contributed by atoms with Crippen LogP contribution >= 0.6 is 0 Å². The summed E-state index contributed by atoms with van der Waals surface area (Å²) in [7, 11) is 0. The average Bonchev–Trinajstić information content (AvgIpc) is 2.51. The molecule has 1 aromatic heterocycles. The van der Waals surface area contributed by atoms with E-state index in [4.69, 9.17) is 4.74 Å². The number of nitrogens with one attached hydrogen (secondary N) is 2. The van der Waals surface area contributed by atoms with Gasteiger partial charge in [-0.3, -0.25) is 9.59 Å². The van der Waals surface area contributed by atoms with Crippen molar-refractivity contribution in [3.8, 4) is 0 Å². The lowest BCUT2D eigenvalue weighted by atomic mass is 10.0.